The van der Waals surface area contributed by atoms with Gasteiger partial charge in [0.15, 0.2) is 0 Å². The number of rotatable bonds is 4. The van der Waals surface area contributed by atoms with Gasteiger partial charge in [-0.05, 0) is 6.30 Å². The van der Waals surface area contributed by atoms with Gasteiger partial charge in [-0.15, -0.1) is 0 Å². The third kappa shape index (κ3) is 7.45. The van der Waals surface area contributed by atoms with E-state index in [1.165, 1.54) is 0 Å². The summed E-state index contributed by atoms with van der Waals surface area (Å²) in [4.78, 5) is 16.8. The Morgan fingerprint density at radius 2 is 1.53 bits per heavy atom. The van der Waals surface area contributed by atoms with E-state index in [4.69, 9.17) is 9.79 Å². The SMILES string of the molecule is C=P(O)(O)OS(=O)(=O)NS(=O)(=O)C(F)(F)F.[LiH]. The van der Waals surface area contributed by atoms with Gasteiger partial charge in [0.25, 0.3) is 7.57 Å². The van der Waals surface area contributed by atoms with Gasteiger partial charge in [-0.3, -0.25) is 0 Å². The van der Waals surface area contributed by atoms with E-state index in [1.807, 2.05) is 0 Å². The topological polar surface area (TPSA) is 130 Å². The molecule has 0 atom stereocenters. The summed E-state index contributed by atoms with van der Waals surface area (Å²) in [5.74, 6) is 0. The van der Waals surface area contributed by atoms with Crippen LogP contribution in [-0.4, -0.2) is 57.3 Å². The maximum atomic E-state index is 11.7. The van der Waals surface area contributed by atoms with Crippen molar-refractivity contribution in [2.45, 2.75) is 5.51 Å². The average Bonchev–Trinajstić information content (AvgIpc) is 1.72. The van der Waals surface area contributed by atoms with Gasteiger partial charge in [0.1, 0.15) is 0 Å². The van der Waals surface area contributed by atoms with Crippen LogP contribution < -0.4 is 4.13 Å². The second-order valence-electron chi connectivity index (χ2n) is 2.23. The molecule has 0 saturated carbocycles. The molecule has 0 aliphatic rings. The van der Waals surface area contributed by atoms with Crippen LogP contribution in [0.4, 0.5) is 13.2 Å². The molecule has 0 aromatic heterocycles. The number of halogens is 3. The van der Waals surface area contributed by atoms with Crippen molar-refractivity contribution in [3.63, 3.8) is 0 Å². The first kappa shape index (κ1) is 19.8. The van der Waals surface area contributed by atoms with Crippen LogP contribution in [0.3, 0.4) is 0 Å². The van der Waals surface area contributed by atoms with Crippen LogP contribution >= 0.6 is 7.57 Å². The monoisotopic (exact) mass is 315 g/mol. The van der Waals surface area contributed by atoms with E-state index < -0.39 is 33.4 Å². The number of hydrogen-bond acceptors (Lipinski definition) is 7. The fourth-order valence-corrected chi connectivity index (χ4v) is 3.46. The molecule has 0 fully saturated rings. The molecule has 0 amide bonds. The van der Waals surface area contributed by atoms with E-state index in [2.05, 4.69) is 10.3 Å². The Labute approximate surface area is 106 Å². The van der Waals surface area contributed by atoms with Crippen molar-refractivity contribution in [2.75, 3.05) is 0 Å². The van der Waals surface area contributed by atoms with Gasteiger partial charge in [0, 0.05) is 0 Å². The molecule has 0 aliphatic heterocycles. The third-order valence-electron chi connectivity index (χ3n) is 0.734. The van der Waals surface area contributed by atoms with Crippen molar-refractivity contribution in [3.8, 4) is 0 Å². The number of nitrogens with one attached hydrogen (secondary N) is 1. The summed E-state index contributed by atoms with van der Waals surface area (Å²) in [6, 6.07) is 0. The molecule has 100 valence electrons. The van der Waals surface area contributed by atoms with Gasteiger partial charge in [-0.25, -0.2) is 8.42 Å². The Balaban J connectivity index is 0. The van der Waals surface area contributed by atoms with E-state index in [-0.39, 0.29) is 23.0 Å². The van der Waals surface area contributed by atoms with Crippen LogP contribution in [0.2, 0.25) is 0 Å². The Kier molecular flexibility index (Phi) is 6.51. The zero-order valence-corrected chi connectivity index (χ0v) is 9.57. The fraction of sp³-hybridized carbons (Fsp3) is 0.500. The Hall–Kier alpha value is 0.427. The first-order valence-corrected chi connectivity index (χ1v) is 7.60. The van der Waals surface area contributed by atoms with Gasteiger partial charge < -0.3 is 9.79 Å². The fourth-order valence-electron chi connectivity index (χ4n) is 0.354. The molecule has 0 rings (SSSR count). The standard InChI is InChI=1S/C2H5F3NO7PS2.Li.H/c1-14(7,8)13-16(11,12)6-15(9,10)2(3,4)5;;/h6-8H,1H2;;. The zero-order valence-electron chi connectivity index (χ0n) is 7.04. The van der Waals surface area contributed by atoms with Crippen LogP contribution in [0.1, 0.15) is 0 Å². The number of hydrogen-bond donors (Lipinski definition) is 3. The number of sulfonamides is 1. The average molecular weight is 315 g/mol. The van der Waals surface area contributed by atoms with E-state index in [0.717, 1.165) is 0 Å². The summed E-state index contributed by atoms with van der Waals surface area (Å²) in [7, 11) is -16.5. The van der Waals surface area contributed by atoms with Gasteiger partial charge in [-0.2, -0.15) is 25.6 Å². The van der Waals surface area contributed by atoms with Crippen molar-refractivity contribution in [1.29, 1.82) is 0 Å². The molecule has 0 aromatic rings. The molecule has 17 heavy (non-hydrogen) atoms. The summed E-state index contributed by atoms with van der Waals surface area (Å²) < 4.78 is 80.1. The van der Waals surface area contributed by atoms with Crippen LogP contribution in [-0.2, 0) is 24.3 Å². The predicted octanol–water partition coefficient (Wildman–Crippen LogP) is -1.78. The predicted molar refractivity (Wildman–Crippen MR) is 53.7 cm³/mol. The second-order valence-corrected chi connectivity index (χ2v) is 7.20. The quantitative estimate of drug-likeness (QED) is 0.413. The maximum absolute atomic E-state index is 11.7. The molecular weight excluding hydrogens is 309 g/mol. The molecule has 0 spiro atoms. The number of alkyl halides is 3. The van der Waals surface area contributed by atoms with Crippen molar-refractivity contribution < 1.29 is 43.8 Å². The molecular formula is C2H6F3LiNO7PS2. The van der Waals surface area contributed by atoms with Crippen LogP contribution in [0, 0.1) is 0 Å². The first-order valence-electron chi connectivity index (χ1n) is 2.91. The van der Waals surface area contributed by atoms with Gasteiger partial charge in [-0.1, -0.05) is 4.13 Å². The second kappa shape index (κ2) is 5.60. The van der Waals surface area contributed by atoms with Crippen LogP contribution in [0.25, 0.3) is 0 Å². The minimum absolute atomic E-state index is 0. The van der Waals surface area contributed by atoms with E-state index in [1.54, 1.807) is 0 Å². The summed E-state index contributed by atoms with van der Waals surface area (Å²) in [6.45, 7) is 0. The normalized spacial score (nSPS) is 14.2. The molecule has 3 N–H and O–H groups in total. The van der Waals surface area contributed by atoms with E-state index in [0.29, 0.717) is 0 Å². The van der Waals surface area contributed by atoms with Crippen molar-refractivity contribution >= 4 is 53.1 Å². The molecule has 0 unspecified atom stereocenters. The molecule has 0 radical (unpaired) electrons. The molecule has 0 bridgehead atoms. The summed E-state index contributed by atoms with van der Waals surface area (Å²) in [6.07, 6.45) is 2.35. The van der Waals surface area contributed by atoms with Crippen molar-refractivity contribution in [1.82, 2.24) is 4.13 Å². The van der Waals surface area contributed by atoms with Crippen molar-refractivity contribution in [3.05, 3.63) is 0 Å². The Morgan fingerprint density at radius 3 is 1.76 bits per heavy atom. The molecule has 8 nitrogen and oxygen atoms in total. The van der Waals surface area contributed by atoms with E-state index >= 15 is 0 Å². The van der Waals surface area contributed by atoms with Gasteiger partial charge in [0.2, 0.25) is 0 Å². The molecule has 15 heteroatoms. The summed E-state index contributed by atoms with van der Waals surface area (Å²) in [5.41, 5.74) is -5.89. The molecule has 0 aliphatic carbocycles. The Bertz CT molecular complexity index is 504. The zero-order chi connectivity index (χ0) is 13.4. The van der Waals surface area contributed by atoms with Crippen molar-refractivity contribution in [2.24, 2.45) is 0 Å². The summed E-state index contributed by atoms with van der Waals surface area (Å²) >= 11 is 0. The summed E-state index contributed by atoms with van der Waals surface area (Å²) in [5, 5.41) is 0. The molecule has 0 saturated heterocycles. The van der Waals surface area contributed by atoms with Gasteiger partial charge >= 0.3 is 44.7 Å². The van der Waals surface area contributed by atoms with Gasteiger partial charge in [0.05, 0.1) is 0 Å². The van der Waals surface area contributed by atoms with Crippen LogP contribution in [0.5, 0.6) is 0 Å². The molecule has 0 heterocycles. The first-order chi connectivity index (χ1) is 6.66. The molecule has 0 aromatic carbocycles. The Morgan fingerprint density at radius 1 is 1.18 bits per heavy atom. The minimum atomic E-state index is -6.22. The van der Waals surface area contributed by atoms with Crippen LogP contribution in [0.15, 0.2) is 0 Å². The third-order valence-corrected chi connectivity index (χ3v) is 4.78. The van der Waals surface area contributed by atoms with E-state index in [9.17, 15) is 30.0 Å².